The summed E-state index contributed by atoms with van der Waals surface area (Å²) in [6.45, 7) is 6.75. The summed E-state index contributed by atoms with van der Waals surface area (Å²) in [5.74, 6) is 0.173. The first-order valence-electron chi connectivity index (χ1n) is 9.19. The number of anilines is 1. The van der Waals surface area contributed by atoms with Crippen LogP contribution in [0.3, 0.4) is 0 Å². The zero-order valence-corrected chi connectivity index (χ0v) is 16.2. The molecule has 3 amide bonds. The summed E-state index contributed by atoms with van der Waals surface area (Å²) in [4.78, 5) is 43.7. The molecule has 7 heteroatoms. The van der Waals surface area contributed by atoms with Gasteiger partial charge in [0.05, 0.1) is 11.4 Å². The minimum absolute atomic E-state index is 0.0193. The molecule has 0 atom stereocenters. The first-order chi connectivity index (χ1) is 12.5. The van der Waals surface area contributed by atoms with Crippen LogP contribution in [-0.2, 0) is 9.59 Å². The Morgan fingerprint density at radius 1 is 1.15 bits per heavy atom. The second-order valence-corrected chi connectivity index (χ2v) is 7.53. The van der Waals surface area contributed by atoms with Gasteiger partial charge in [0.25, 0.3) is 5.91 Å². The number of hydrogen-bond acceptors (Lipinski definition) is 4. The van der Waals surface area contributed by atoms with Gasteiger partial charge in [-0.15, -0.1) is 11.8 Å². The maximum absolute atomic E-state index is 12.7. The Morgan fingerprint density at radius 3 is 2.50 bits per heavy atom. The van der Waals surface area contributed by atoms with Crippen molar-refractivity contribution in [2.45, 2.75) is 31.6 Å². The summed E-state index contributed by atoms with van der Waals surface area (Å²) in [6.07, 6.45) is 2.04. The number of fused-ring (bicyclic) bond motifs is 1. The van der Waals surface area contributed by atoms with E-state index in [-0.39, 0.29) is 24.3 Å². The van der Waals surface area contributed by atoms with E-state index in [0.717, 1.165) is 30.8 Å². The van der Waals surface area contributed by atoms with E-state index in [1.165, 1.54) is 11.8 Å². The van der Waals surface area contributed by atoms with Crippen LogP contribution in [0.1, 0.15) is 37.0 Å². The summed E-state index contributed by atoms with van der Waals surface area (Å²) >= 11 is 1.46. The molecule has 1 aromatic rings. The van der Waals surface area contributed by atoms with Crippen LogP contribution in [-0.4, -0.2) is 66.0 Å². The van der Waals surface area contributed by atoms with Gasteiger partial charge >= 0.3 is 0 Å². The van der Waals surface area contributed by atoms with Gasteiger partial charge in [-0.3, -0.25) is 14.4 Å². The molecule has 140 valence electrons. The van der Waals surface area contributed by atoms with Crippen molar-refractivity contribution in [1.82, 2.24) is 9.80 Å². The Balaban J connectivity index is 1.86. The number of hydrogen-bond donors (Lipinski definition) is 0. The van der Waals surface area contributed by atoms with Gasteiger partial charge in [-0.1, -0.05) is 0 Å². The molecule has 2 heterocycles. The average molecular weight is 375 g/mol. The van der Waals surface area contributed by atoms with Crippen LogP contribution in [0.4, 0.5) is 5.69 Å². The Kier molecular flexibility index (Phi) is 5.86. The number of amides is 3. The van der Waals surface area contributed by atoms with Gasteiger partial charge in [0.2, 0.25) is 11.8 Å². The molecule has 6 nitrogen and oxygen atoms in total. The number of rotatable bonds is 5. The zero-order valence-electron chi connectivity index (χ0n) is 15.4. The van der Waals surface area contributed by atoms with Crippen molar-refractivity contribution in [1.29, 1.82) is 0 Å². The van der Waals surface area contributed by atoms with Crippen molar-refractivity contribution in [3.63, 3.8) is 0 Å². The molecule has 0 aliphatic carbocycles. The van der Waals surface area contributed by atoms with E-state index < -0.39 is 0 Å². The molecule has 0 aromatic heterocycles. The van der Waals surface area contributed by atoms with Crippen LogP contribution in [0.15, 0.2) is 23.1 Å². The van der Waals surface area contributed by atoms with Crippen molar-refractivity contribution in [2.75, 3.05) is 43.4 Å². The smallest absolute Gasteiger partial charge is 0.253 e. The van der Waals surface area contributed by atoms with E-state index in [1.54, 1.807) is 15.9 Å². The van der Waals surface area contributed by atoms with Gasteiger partial charge in [-0.05, 0) is 44.9 Å². The highest BCUT2D eigenvalue weighted by atomic mass is 32.2. The van der Waals surface area contributed by atoms with E-state index >= 15 is 0 Å². The number of nitrogens with zero attached hydrogens (tertiary/aromatic N) is 3. The second kappa shape index (κ2) is 8.12. The Hall–Kier alpha value is -2.02. The minimum Gasteiger partial charge on any atom is -0.341 e. The molecule has 0 unspecified atom stereocenters. The molecular formula is C19H25N3O3S. The van der Waals surface area contributed by atoms with Crippen LogP contribution in [0, 0.1) is 0 Å². The summed E-state index contributed by atoms with van der Waals surface area (Å²) in [7, 11) is 0. The number of benzene rings is 1. The van der Waals surface area contributed by atoms with Crippen LogP contribution in [0.25, 0.3) is 0 Å². The fourth-order valence-corrected chi connectivity index (χ4v) is 4.32. The fraction of sp³-hybridized carbons (Fsp3) is 0.526. The Labute approximate surface area is 158 Å². The Bertz CT molecular complexity index is 712. The molecule has 0 radical (unpaired) electrons. The van der Waals surface area contributed by atoms with Crippen molar-refractivity contribution < 1.29 is 14.4 Å². The van der Waals surface area contributed by atoms with Crippen LogP contribution < -0.4 is 4.90 Å². The van der Waals surface area contributed by atoms with E-state index in [2.05, 4.69) is 0 Å². The molecule has 1 aromatic carbocycles. The molecule has 0 saturated carbocycles. The van der Waals surface area contributed by atoms with Crippen LogP contribution in [0.5, 0.6) is 0 Å². The lowest BCUT2D eigenvalue weighted by Crippen LogP contribution is -2.44. The number of carbonyl (C=O) groups excluding carboxylic acids is 3. The molecular weight excluding hydrogens is 350 g/mol. The molecule has 0 N–H and O–H groups in total. The maximum atomic E-state index is 12.7. The predicted octanol–water partition coefficient (Wildman–Crippen LogP) is 2.23. The van der Waals surface area contributed by atoms with Gasteiger partial charge in [0.1, 0.15) is 6.54 Å². The van der Waals surface area contributed by atoms with Gasteiger partial charge in [0, 0.05) is 36.6 Å². The van der Waals surface area contributed by atoms with Gasteiger partial charge in [-0.25, -0.2) is 0 Å². The second-order valence-electron chi connectivity index (χ2n) is 6.52. The number of likely N-dealkylation sites (tertiary alicyclic amines) is 1. The van der Waals surface area contributed by atoms with Crippen molar-refractivity contribution in [2.24, 2.45) is 0 Å². The molecule has 26 heavy (non-hydrogen) atoms. The van der Waals surface area contributed by atoms with Gasteiger partial charge < -0.3 is 14.7 Å². The minimum atomic E-state index is -0.0810. The van der Waals surface area contributed by atoms with Crippen molar-refractivity contribution >= 4 is 35.2 Å². The standard InChI is InChI=1S/C19H25N3O3S/c1-3-20(4-2)19(25)14-7-8-16-15(11-14)22(18(24)13-26-16)12-17(23)21-9-5-6-10-21/h7-8,11H,3-6,9-10,12-13H2,1-2H3. The normalized spacial score (nSPS) is 16.6. The van der Waals surface area contributed by atoms with Crippen molar-refractivity contribution in [3.8, 4) is 0 Å². The zero-order chi connectivity index (χ0) is 18.7. The van der Waals surface area contributed by atoms with E-state index in [9.17, 15) is 14.4 Å². The van der Waals surface area contributed by atoms with Crippen molar-refractivity contribution in [3.05, 3.63) is 23.8 Å². The third-order valence-electron chi connectivity index (χ3n) is 4.95. The molecule has 0 bridgehead atoms. The largest absolute Gasteiger partial charge is 0.341 e. The molecule has 1 fully saturated rings. The summed E-state index contributed by atoms with van der Waals surface area (Å²) in [5, 5.41) is 0. The maximum Gasteiger partial charge on any atom is 0.253 e. The SMILES string of the molecule is CCN(CC)C(=O)c1ccc2c(c1)N(CC(=O)N1CCCC1)C(=O)CS2. The third-order valence-corrected chi connectivity index (χ3v) is 6.00. The highest BCUT2D eigenvalue weighted by Crippen LogP contribution is 2.36. The first-order valence-corrected chi connectivity index (χ1v) is 10.2. The van der Waals surface area contributed by atoms with Gasteiger partial charge in [0.15, 0.2) is 0 Å². The predicted molar refractivity (Wildman–Crippen MR) is 103 cm³/mol. The lowest BCUT2D eigenvalue weighted by Gasteiger charge is -2.30. The first kappa shape index (κ1) is 18.8. The molecule has 2 aliphatic rings. The summed E-state index contributed by atoms with van der Waals surface area (Å²) in [5.41, 5.74) is 1.23. The van der Waals surface area contributed by atoms with E-state index in [4.69, 9.17) is 0 Å². The lowest BCUT2D eigenvalue weighted by atomic mass is 10.1. The molecule has 3 rings (SSSR count). The Morgan fingerprint density at radius 2 is 1.85 bits per heavy atom. The van der Waals surface area contributed by atoms with Gasteiger partial charge in [-0.2, -0.15) is 0 Å². The number of thioether (sulfide) groups is 1. The van der Waals surface area contributed by atoms with Crippen LogP contribution in [0.2, 0.25) is 0 Å². The molecule has 1 saturated heterocycles. The molecule has 2 aliphatic heterocycles. The van der Waals surface area contributed by atoms with E-state index in [1.807, 2.05) is 30.9 Å². The average Bonchev–Trinajstić information content (AvgIpc) is 3.19. The topological polar surface area (TPSA) is 60.9 Å². The highest BCUT2D eigenvalue weighted by Gasteiger charge is 2.30. The summed E-state index contributed by atoms with van der Waals surface area (Å²) in [6, 6.07) is 5.45. The fourth-order valence-electron chi connectivity index (χ4n) is 3.40. The third kappa shape index (κ3) is 3.72. The number of carbonyl (C=O) groups is 3. The molecule has 0 spiro atoms. The summed E-state index contributed by atoms with van der Waals surface area (Å²) < 4.78 is 0. The lowest BCUT2D eigenvalue weighted by molar-refractivity contribution is -0.130. The highest BCUT2D eigenvalue weighted by molar-refractivity contribution is 8.00. The monoisotopic (exact) mass is 375 g/mol. The quantitative estimate of drug-likeness (QED) is 0.792. The van der Waals surface area contributed by atoms with E-state index in [0.29, 0.717) is 30.1 Å². The van der Waals surface area contributed by atoms with Crippen LogP contribution >= 0.6 is 11.8 Å².